The first-order valence-electron chi connectivity index (χ1n) is 6.13. The third-order valence-electron chi connectivity index (χ3n) is 3.29. The summed E-state index contributed by atoms with van der Waals surface area (Å²) in [7, 11) is 1.41. The fraction of sp³-hybridized carbons (Fsp3) is 0.500. The van der Waals surface area contributed by atoms with Crippen LogP contribution in [0.4, 0.5) is 4.39 Å². The van der Waals surface area contributed by atoms with E-state index in [-0.39, 0.29) is 5.75 Å². The van der Waals surface area contributed by atoms with E-state index in [2.05, 4.69) is 0 Å². The highest BCUT2D eigenvalue weighted by molar-refractivity contribution is 5.77. The Morgan fingerprint density at radius 1 is 1.47 bits per heavy atom. The molecule has 0 aliphatic heterocycles. The van der Waals surface area contributed by atoms with Gasteiger partial charge in [-0.15, -0.1) is 0 Å². The Hall–Kier alpha value is -1.62. The second-order valence-electron chi connectivity index (χ2n) is 4.85. The van der Waals surface area contributed by atoms with Gasteiger partial charge >= 0.3 is 5.97 Å². The Bertz CT molecular complexity index is 460. The zero-order chi connectivity index (χ0) is 14.6. The maximum absolute atomic E-state index is 13.6. The molecule has 0 bridgehead atoms. The van der Waals surface area contributed by atoms with E-state index in [0.717, 1.165) is 5.56 Å². The summed E-state index contributed by atoms with van der Waals surface area (Å²) in [5.41, 5.74) is -0.278. The maximum atomic E-state index is 13.6. The van der Waals surface area contributed by atoms with Gasteiger partial charge in [-0.2, -0.15) is 0 Å². The first-order chi connectivity index (χ1) is 8.82. The van der Waals surface area contributed by atoms with Gasteiger partial charge in [0.2, 0.25) is 0 Å². The van der Waals surface area contributed by atoms with Gasteiger partial charge in [0, 0.05) is 6.54 Å². The molecule has 0 fully saturated rings. The Balaban J connectivity index is 2.93. The van der Waals surface area contributed by atoms with E-state index in [1.54, 1.807) is 30.9 Å². The molecule has 1 aromatic carbocycles. The number of carboxylic acids is 1. The van der Waals surface area contributed by atoms with Crippen LogP contribution < -0.4 is 4.74 Å². The molecule has 0 amide bonds. The maximum Gasteiger partial charge on any atom is 0.323 e. The van der Waals surface area contributed by atoms with Crippen molar-refractivity contribution in [3.8, 4) is 5.75 Å². The molecule has 4 nitrogen and oxygen atoms in total. The minimum atomic E-state index is -0.995. The smallest absolute Gasteiger partial charge is 0.323 e. The lowest BCUT2D eigenvalue weighted by molar-refractivity contribution is -0.149. The van der Waals surface area contributed by atoms with E-state index in [9.17, 15) is 14.3 Å². The van der Waals surface area contributed by atoms with Crippen LogP contribution in [0.25, 0.3) is 0 Å². The molecule has 0 heterocycles. The molecule has 19 heavy (non-hydrogen) atoms. The SMILES string of the molecule is CCN(Cc1ccc(OC)c(F)c1)C(C)(C)C(=O)O. The predicted molar refractivity (Wildman–Crippen MR) is 70.8 cm³/mol. The predicted octanol–water partition coefficient (Wildman–Crippen LogP) is 2.52. The fourth-order valence-corrected chi connectivity index (χ4v) is 1.87. The topological polar surface area (TPSA) is 49.8 Å². The minimum Gasteiger partial charge on any atom is -0.494 e. The monoisotopic (exact) mass is 269 g/mol. The lowest BCUT2D eigenvalue weighted by atomic mass is 10.0. The van der Waals surface area contributed by atoms with Gasteiger partial charge in [0.15, 0.2) is 11.6 Å². The highest BCUT2D eigenvalue weighted by Crippen LogP contribution is 2.22. The van der Waals surface area contributed by atoms with Crippen molar-refractivity contribution >= 4 is 5.97 Å². The third kappa shape index (κ3) is 3.44. The van der Waals surface area contributed by atoms with Crippen LogP contribution in [0.1, 0.15) is 26.3 Å². The van der Waals surface area contributed by atoms with Crippen LogP contribution in [0.5, 0.6) is 5.75 Å². The van der Waals surface area contributed by atoms with Crippen LogP contribution in [-0.4, -0.2) is 35.2 Å². The van der Waals surface area contributed by atoms with Gasteiger partial charge in [-0.1, -0.05) is 13.0 Å². The number of nitrogens with zero attached hydrogens (tertiary/aromatic N) is 1. The molecule has 1 N–H and O–H groups in total. The molecule has 106 valence electrons. The number of methoxy groups -OCH3 is 1. The largest absolute Gasteiger partial charge is 0.494 e. The fourth-order valence-electron chi connectivity index (χ4n) is 1.87. The summed E-state index contributed by atoms with van der Waals surface area (Å²) in [5, 5.41) is 9.22. The highest BCUT2D eigenvalue weighted by atomic mass is 19.1. The van der Waals surface area contributed by atoms with Crippen molar-refractivity contribution in [1.29, 1.82) is 0 Å². The van der Waals surface area contributed by atoms with E-state index in [1.165, 1.54) is 13.2 Å². The van der Waals surface area contributed by atoms with Crippen molar-refractivity contribution in [2.45, 2.75) is 32.9 Å². The molecule has 5 heteroatoms. The molecule has 0 unspecified atom stereocenters. The Labute approximate surface area is 112 Å². The molecule has 0 saturated carbocycles. The quantitative estimate of drug-likeness (QED) is 0.862. The molecule has 1 rings (SSSR count). The molecular weight excluding hydrogens is 249 g/mol. The molecule has 1 aromatic rings. The van der Waals surface area contributed by atoms with Gasteiger partial charge in [0.1, 0.15) is 5.54 Å². The van der Waals surface area contributed by atoms with Crippen molar-refractivity contribution in [2.75, 3.05) is 13.7 Å². The standard InChI is InChI=1S/C14H20FNO3/c1-5-16(14(2,3)13(17)18)9-10-6-7-12(19-4)11(15)8-10/h6-8H,5,9H2,1-4H3,(H,17,18). The molecule has 0 aliphatic rings. The van der Waals surface area contributed by atoms with Crippen LogP contribution in [0, 0.1) is 5.82 Å². The Morgan fingerprint density at radius 2 is 2.11 bits per heavy atom. The zero-order valence-corrected chi connectivity index (χ0v) is 11.7. The van der Waals surface area contributed by atoms with Gasteiger partial charge in [0.05, 0.1) is 7.11 Å². The second-order valence-corrected chi connectivity index (χ2v) is 4.85. The molecular formula is C14H20FNO3. The third-order valence-corrected chi connectivity index (χ3v) is 3.29. The second kappa shape index (κ2) is 6.02. The van der Waals surface area contributed by atoms with Crippen LogP contribution in [-0.2, 0) is 11.3 Å². The number of hydrogen-bond acceptors (Lipinski definition) is 3. The van der Waals surface area contributed by atoms with Crippen LogP contribution in [0.3, 0.4) is 0 Å². The van der Waals surface area contributed by atoms with Crippen molar-refractivity contribution in [3.63, 3.8) is 0 Å². The lowest BCUT2D eigenvalue weighted by Gasteiger charge is -2.34. The molecule has 0 spiro atoms. The van der Waals surface area contributed by atoms with Gasteiger partial charge in [-0.3, -0.25) is 9.69 Å². The summed E-state index contributed by atoms with van der Waals surface area (Å²) in [6, 6.07) is 4.66. The summed E-state index contributed by atoms with van der Waals surface area (Å²) in [6.45, 7) is 6.09. The van der Waals surface area contributed by atoms with Crippen molar-refractivity contribution in [1.82, 2.24) is 4.90 Å². The summed E-state index contributed by atoms with van der Waals surface area (Å²) in [6.07, 6.45) is 0. The average Bonchev–Trinajstić information content (AvgIpc) is 2.35. The van der Waals surface area contributed by atoms with E-state index in [4.69, 9.17) is 4.74 Å². The highest BCUT2D eigenvalue weighted by Gasteiger charge is 2.33. The lowest BCUT2D eigenvalue weighted by Crippen LogP contribution is -2.49. The van der Waals surface area contributed by atoms with Gasteiger partial charge in [-0.05, 0) is 38.1 Å². The van der Waals surface area contributed by atoms with E-state index >= 15 is 0 Å². The number of ether oxygens (including phenoxy) is 1. The van der Waals surface area contributed by atoms with Gasteiger partial charge in [0.25, 0.3) is 0 Å². The summed E-state index contributed by atoms with van der Waals surface area (Å²) >= 11 is 0. The number of rotatable bonds is 6. The van der Waals surface area contributed by atoms with Gasteiger partial charge in [-0.25, -0.2) is 4.39 Å². The number of likely N-dealkylation sites (N-methyl/N-ethyl adjacent to an activating group) is 1. The zero-order valence-electron chi connectivity index (χ0n) is 11.7. The van der Waals surface area contributed by atoms with E-state index in [1.807, 2.05) is 6.92 Å². The van der Waals surface area contributed by atoms with E-state index < -0.39 is 17.3 Å². The Morgan fingerprint density at radius 3 is 2.53 bits per heavy atom. The van der Waals surface area contributed by atoms with Crippen LogP contribution in [0.15, 0.2) is 18.2 Å². The molecule has 0 radical (unpaired) electrons. The number of halogens is 1. The van der Waals surface area contributed by atoms with Gasteiger partial charge < -0.3 is 9.84 Å². The number of aliphatic carboxylic acids is 1. The number of carboxylic acid groups (broad SMARTS) is 1. The summed E-state index contributed by atoms with van der Waals surface area (Å²) in [5.74, 6) is -1.16. The summed E-state index contributed by atoms with van der Waals surface area (Å²) in [4.78, 5) is 13.0. The number of carbonyl (C=O) groups is 1. The van der Waals surface area contributed by atoms with Crippen molar-refractivity contribution in [2.24, 2.45) is 0 Å². The summed E-state index contributed by atoms with van der Waals surface area (Å²) < 4.78 is 18.5. The molecule has 0 saturated heterocycles. The first-order valence-corrected chi connectivity index (χ1v) is 6.13. The number of hydrogen-bond donors (Lipinski definition) is 1. The van der Waals surface area contributed by atoms with E-state index in [0.29, 0.717) is 13.1 Å². The first kappa shape index (κ1) is 15.4. The minimum absolute atomic E-state index is 0.185. The molecule has 0 aromatic heterocycles. The number of benzene rings is 1. The van der Waals surface area contributed by atoms with Crippen molar-refractivity contribution in [3.05, 3.63) is 29.6 Å². The Kier molecular flexibility index (Phi) is 4.89. The molecule has 0 aliphatic carbocycles. The van der Waals surface area contributed by atoms with Crippen LogP contribution in [0.2, 0.25) is 0 Å². The normalized spacial score (nSPS) is 11.7. The van der Waals surface area contributed by atoms with Crippen LogP contribution >= 0.6 is 0 Å². The van der Waals surface area contributed by atoms with Crippen molar-refractivity contribution < 1.29 is 19.0 Å². The molecule has 0 atom stereocenters. The average molecular weight is 269 g/mol.